The zero-order chi connectivity index (χ0) is 17.7. The van der Waals surface area contributed by atoms with Crippen molar-refractivity contribution in [3.8, 4) is 0 Å². The van der Waals surface area contributed by atoms with E-state index in [4.69, 9.17) is 0 Å². The highest BCUT2D eigenvalue weighted by Crippen LogP contribution is 2.40. The minimum Gasteiger partial charge on any atom is -0.368 e. The summed E-state index contributed by atoms with van der Waals surface area (Å²) in [7, 11) is -3.22. The third kappa shape index (κ3) is 3.39. The van der Waals surface area contributed by atoms with Crippen molar-refractivity contribution in [3.63, 3.8) is 0 Å². The zero-order valence-corrected chi connectivity index (χ0v) is 14.4. The Kier molecular flexibility index (Phi) is 4.31. The smallest absolute Gasteiger partial charge is 0.368 e. The number of nitrogens with zero attached hydrogens (tertiary/aromatic N) is 3. The Labute approximate surface area is 139 Å². The molecule has 1 aromatic heterocycles. The number of alkyl halides is 3. The largest absolute Gasteiger partial charge is 0.410 e. The summed E-state index contributed by atoms with van der Waals surface area (Å²) < 4.78 is 65.3. The number of hydrogen-bond acceptors (Lipinski definition) is 4. The van der Waals surface area contributed by atoms with Gasteiger partial charge in [-0.1, -0.05) is 0 Å². The summed E-state index contributed by atoms with van der Waals surface area (Å²) in [6.45, 7) is 2.47. The van der Waals surface area contributed by atoms with Gasteiger partial charge in [0.05, 0.1) is 11.9 Å². The molecule has 0 saturated carbocycles. The van der Waals surface area contributed by atoms with Gasteiger partial charge in [-0.2, -0.15) is 18.3 Å². The molecule has 1 fully saturated rings. The lowest BCUT2D eigenvalue weighted by Gasteiger charge is -2.31. The molecule has 0 spiro atoms. The third-order valence-corrected chi connectivity index (χ3v) is 6.04. The van der Waals surface area contributed by atoms with Gasteiger partial charge in [0.15, 0.2) is 6.04 Å². The van der Waals surface area contributed by atoms with Gasteiger partial charge in [-0.3, -0.25) is 0 Å². The summed E-state index contributed by atoms with van der Waals surface area (Å²) in [4.78, 5) is 0. The predicted molar refractivity (Wildman–Crippen MR) is 83.4 cm³/mol. The Balaban J connectivity index is 1.80. The van der Waals surface area contributed by atoms with Crippen molar-refractivity contribution >= 4 is 15.8 Å². The summed E-state index contributed by atoms with van der Waals surface area (Å²) in [5.41, 5.74) is 0.606. The van der Waals surface area contributed by atoms with Crippen LogP contribution in [0, 0.1) is 0 Å². The molecule has 2 aliphatic rings. The molecule has 10 heteroatoms. The fourth-order valence-corrected chi connectivity index (χ4v) is 4.33. The molecule has 0 amide bonds. The Morgan fingerprint density at radius 3 is 2.46 bits per heavy atom. The van der Waals surface area contributed by atoms with Gasteiger partial charge in [0.2, 0.25) is 10.0 Å². The van der Waals surface area contributed by atoms with Crippen LogP contribution in [0.25, 0.3) is 0 Å². The van der Waals surface area contributed by atoms with Crippen molar-refractivity contribution in [3.05, 3.63) is 11.8 Å². The van der Waals surface area contributed by atoms with Crippen LogP contribution in [0.3, 0.4) is 0 Å². The molecule has 3 heterocycles. The maximum Gasteiger partial charge on any atom is 0.410 e. The molecular formula is C14H21F3N4O2S. The van der Waals surface area contributed by atoms with Crippen LogP contribution >= 0.6 is 0 Å². The predicted octanol–water partition coefficient (Wildman–Crippen LogP) is 2.33. The first kappa shape index (κ1) is 17.5. The Morgan fingerprint density at radius 1 is 1.29 bits per heavy atom. The molecule has 3 rings (SSSR count). The van der Waals surface area contributed by atoms with E-state index in [1.807, 2.05) is 0 Å². The van der Waals surface area contributed by atoms with E-state index in [1.165, 1.54) is 10.6 Å². The molecule has 6 nitrogen and oxygen atoms in total. The highest BCUT2D eigenvalue weighted by atomic mass is 32.2. The van der Waals surface area contributed by atoms with E-state index in [2.05, 4.69) is 10.4 Å². The van der Waals surface area contributed by atoms with Crippen LogP contribution in [0.4, 0.5) is 19.0 Å². The van der Waals surface area contributed by atoms with Crippen molar-refractivity contribution in [2.75, 3.05) is 24.7 Å². The van der Waals surface area contributed by atoms with E-state index in [0.717, 1.165) is 4.68 Å². The van der Waals surface area contributed by atoms with Gasteiger partial charge >= 0.3 is 6.18 Å². The van der Waals surface area contributed by atoms with Crippen LogP contribution in [-0.2, 0) is 10.0 Å². The lowest BCUT2D eigenvalue weighted by Crippen LogP contribution is -2.38. The number of fused-ring (bicyclic) bond motifs is 1. The fourth-order valence-electron chi connectivity index (χ4n) is 3.46. The lowest BCUT2D eigenvalue weighted by atomic mass is 9.95. The molecule has 2 atom stereocenters. The van der Waals surface area contributed by atoms with Crippen molar-refractivity contribution in [2.45, 2.75) is 50.4 Å². The monoisotopic (exact) mass is 366 g/mol. The van der Waals surface area contributed by atoms with Gasteiger partial charge < -0.3 is 5.32 Å². The van der Waals surface area contributed by atoms with Crippen molar-refractivity contribution in [2.24, 2.45) is 0 Å². The highest BCUT2D eigenvalue weighted by Gasteiger charge is 2.45. The number of halogens is 3. The maximum atomic E-state index is 13.3. The van der Waals surface area contributed by atoms with E-state index in [-0.39, 0.29) is 18.4 Å². The standard InChI is InChI=1S/C14H21F3N4O2S/c1-9-7-12(14(15,16)17)21-13(18-9)8-11(19-21)10-3-5-20(6-4-10)24(2,22)23/h8-10,12,18H,3-7H2,1-2H3/t9-,12-/m1/s1. The maximum absolute atomic E-state index is 13.3. The molecule has 0 aromatic carbocycles. The number of anilines is 1. The number of sulfonamides is 1. The Hall–Kier alpha value is -1.29. The van der Waals surface area contributed by atoms with E-state index >= 15 is 0 Å². The minimum absolute atomic E-state index is 0.0212. The average molecular weight is 366 g/mol. The van der Waals surface area contributed by atoms with Gasteiger partial charge in [-0.25, -0.2) is 17.4 Å². The first-order valence-electron chi connectivity index (χ1n) is 7.93. The van der Waals surface area contributed by atoms with Crippen LogP contribution in [0.2, 0.25) is 0 Å². The van der Waals surface area contributed by atoms with E-state index in [1.54, 1.807) is 13.0 Å². The number of hydrogen-bond donors (Lipinski definition) is 1. The van der Waals surface area contributed by atoms with Gasteiger partial charge in [0.25, 0.3) is 0 Å². The van der Waals surface area contributed by atoms with Crippen molar-refractivity contribution in [1.82, 2.24) is 14.1 Å². The molecule has 0 radical (unpaired) electrons. The van der Waals surface area contributed by atoms with Crippen molar-refractivity contribution < 1.29 is 21.6 Å². The number of piperidine rings is 1. The summed E-state index contributed by atoms with van der Waals surface area (Å²) in [5.74, 6) is 0.365. The highest BCUT2D eigenvalue weighted by molar-refractivity contribution is 7.88. The van der Waals surface area contributed by atoms with E-state index in [9.17, 15) is 21.6 Å². The molecule has 0 aliphatic carbocycles. The quantitative estimate of drug-likeness (QED) is 0.872. The van der Waals surface area contributed by atoms with Crippen molar-refractivity contribution in [1.29, 1.82) is 0 Å². The van der Waals surface area contributed by atoms with E-state index < -0.39 is 22.2 Å². The molecule has 0 bridgehead atoms. The van der Waals surface area contributed by atoms with Gasteiger partial charge in [-0.15, -0.1) is 0 Å². The fraction of sp³-hybridized carbons (Fsp3) is 0.786. The van der Waals surface area contributed by atoms with Crippen LogP contribution in [-0.4, -0.2) is 54.1 Å². The van der Waals surface area contributed by atoms with Gasteiger partial charge in [0.1, 0.15) is 5.82 Å². The van der Waals surface area contributed by atoms with E-state index in [0.29, 0.717) is 37.4 Å². The number of aromatic nitrogens is 2. The van der Waals surface area contributed by atoms with Crippen LogP contribution in [0.5, 0.6) is 0 Å². The topological polar surface area (TPSA) is 67.2 Å². The summed E-state index contributed by atoms with van der Waals surface area (Å²) in [5, 5.41) is 7.26. The lowest BCUT2D eigenvalue weighted by molar-refractivity contribution is -0.173. The number of rotatable bonds is 2. The minimum atomic E-state index is -4.34. The Morgan fingerprint density at radius 2 is 1.92 bits per heavy atom. The third-order valence-electron chi connectivity index (χ3n) is 4.74. The summed E-state index contributed by atoms with van der Waals surface area (Å²) in [6, 6.07) is -0.218. The molecule has 1 saturated heterocycles. The molecule has 0 unspecified atom stereocenters. The molecule has 136 valence electrons. The first-order valence-corrected chi connectivity index (χ1v) is 9.78. The molecular weight excluding hydrogens is 345 g/mol. The second kappa shape index (κ2) is 5.91. The van der Waals surface area contributed by atoms with Crippen LogP contribution in [0.1, 0.15) is 43.8 Å². The van der Waals surface area contributed by atoms with Gasteiger partial charge in [0, 0.05) is 31.1 Å². The molecule has 24 heavy (non-hydrogen) atoms. The molecule has 2 aliphatic heterocycles. The summed E-state index contributed by atoms with van der Waals surface area (Å²) >= 11 is 0. The van der Waals surface area contributed by atoms with Gasteiger partial charge in [-0.05, 0) is 26.2 Å². The van der Waals surface area contributed by atoms with Crippen LogP contribution < -0.4 is 5.32 Å². The molecule has 1 aromatic rings. The van der Waals surface area contributed by atoms with Crippen LogP contribution in [0.15, 0.2) is 6.07 Å². The summed E-state index contributed by atoms with van der Waals surface area (Å²) in [6.07, 6.45) is -2.09. The second-order valence-electron chi connectivity index (χ2n) is 6.67. The Bertz CT molecular complexity index is 708. The zero-order valence-electron chi connectivity index (χ0n) is 13.5. The average Bonchev–Trinajstić information content (AvgIpc) is 2.88. The normalized spacial score (nSPS) is 26.9. The first-order chi connectivity index (χ1) is 11.1. The second-order valence-corrected chi connectivity index (χ2v) is 8.66. The SMILES string of the molecule is C[C@@H]1C[C@H](C(F)(F)F)n2nc(C3CCN(S(C)(=O)=O)CC3)cc2N1. The molecule has 1 N–H and O–H groups in total. The number of nitrogens with one attached hydrogen (secondary N) is 1.